The van der Waals surface area contributed by atoms with Crippen LogP contribution in [0.15, 0.2) is 60.7 Å². The van der Waals surface area contributed by atoms with Crippen molar-refractivity contribution in [3.63, 3.8) is 0 Å². The summed E-state index contributed by atoms with van der Waals surface area (Å²) in [5, 5.41) is 34.4. The number of rotatable bonds is 9. The highest BCUT2D eigenvalue weighted by Crippen LogP contribution is 2.20. The van der Waals surface area contributed by atoms with Crippen LogP contribution in [0.5, 0.6) is 0 Å². The zero-order valence-corrected chi connectivity index (χ0v) is 16.2. The maximum absolute atomic E-state index is 12.8. The molecule has 2 aromatic carbocycles. The summed E-state index contributed by atoms with van der Waals surface area (Å²) in [6.07, 6.45) is -1.73. The predicted molar refractivity (Wildman–Crippen MR) is 109 cm³/mol. The number of carboxylic acids is 2. The smallest absolute Gasteiger partial charge is 0.356 e. The van der Waals surface area contributed by atoms with E-state index < -0.39 is 30.5 Å². The summed E-state index contributed by atoms with van der Waals surface area (Å²) in [4.78, 5) is 34.7. The number of H-pyrrole nitrogens is 1. The van der Waals surface area contributed by atoms with Crippen LogP contribution in [0.4, 0.5) is 0 Å². The Balaban J connectivity index is 1.79. The van der Waals surface area contributed by atoms with Crippen LogP contribution < -0.4 is 5.43 Å². The Hall–Kier alpha value is -4.02. The van der Waals surface area contributed by atoms with Gasteiger partial charge in [0.1, 0.15) is 5.69 Å². The maximum atomic E-state index is 12.8. The third-order valence-corrected chi connectivity index (χ3v) is 4.43. The van der Waals surface area contributed by atoms with Crippen molar-refractivity contribution in [3.8, 4) is 11.1 Å². The van der Waals surface area contributed by atoms with Crippen LogP contribution in [0, 0.1) is 0 Å². The van der Waals surface area contributed by atoms with Crippen LogP contribution in [0.1, 0.15) is 26.5 Å². The Kier molecular flexibility index (Phi) is 6.75. The second-order valence-corrected chi connectivity index (χ2v) is 6.64. The zero-order chi connectivity index (χ0) is 22.4. The molecule has 0 aliphatic heterocycles. The van der Waals surface area contributed by atoms with Gasteiger partial charge >= 0.3 is 11.9 Å². The number of carbonyl (C=O) groups is 3. The minimum Gasteiger partial charge on any atom is -0.479 e. The molecule has 0 spiro atoms. The number of hydrogen-bond donors (Lipinski definition) is 5. The van der Waals surface area contributed by atoms with E-state index in [1.54, 1.807) is 0 Å². The van der Waals surface area contributed by atoms with Gasteiger partial charge in [-0.25, -0.2) is 15.0 Å². The molecule has 0 radical (unpaired) electrons. The normalized spacial score (nSPS) is 11.6. The third kappa shape index (κ3) is 5.53. The van der Waals surface area contributed by atoms with E-state index in [9.17, 15) is 19.5 Å². The topological polar surface area (TPSA) is 156 Å². The number of carbonyl (C=O) groups excluding carboxylic acids is 1. The molecule has 5 N–H and O–H groups in total. The Morgan fingerprint density at radius 1 is 1.00 bits per heavy atom. The lowest BCUT2D eigenvalue weighted by Gasteiger charge is -2.24. The van der Waals surface area contributed by atoms with Crippen molar-refractivity contribution in [1.82, 2.24) is 20.6 Å². The van der Waals surface area contributed by atoms with Crippen LogP contribution in [-0.4, -0.2) is 61.0 Å². The number of hydrogen-bond acceptors (Lipinski definition) is 6. The Bertz CT molecular complexity index is 1060. The van der Waals surface area contributed by atoms with E-state index in [0.717, 1.165) is 27.8 Å². The van der Waals surface area contributed by atoms with E-state index in [1.165, 1.54) is 0 Å². The van der Waals surface area contributed by atoms with Gasteiger partial charge in [0.05, 0.1) is 13.1 Å². The van der Waals surface area contributed by atoms with Crippen LogP contribution >= 0.6 is 0 Å². The summed E-state index contributed by atoms with van der Waals surface area (Å²) in [5.74, 6) is -3.40. The average molecular weight is 424 g/mol. The van der Waals surface area contributed by atoms with Crippen LogP contribution in [0.25, 0.3) is 11.1 Å². The number of hydrazine groups is 1. The molecule has 10 nitrogen and oxygen atoms in total. The van der Waals surface area contributed by atoms with Gasteiger partial charge in [-0.15, -0.1) is 0 Å². The zero-order valence-electron chi connectivity index (χ0n) is 16.2. The van der Waals surface area contributed by atoms with E-state index in [2.05, 4.69) is 15.6 Å². The van der Waals surface area contributed by atoms with E-state index in [-0.39, 0.29) is 17.9 Å². The molecule has 0 saturated heterocycles. The molecule has 1 aromatic heterocycles. The number of aromatic carboxylic acids is 1. The molecular formula is C21H20N4O6. The number of aliphatic hydroxyl groups excluding tert-OH is 1. The fourth-order valence-corrected chi connectivity index (χ4v) is 2.79. The number of amides is 1. The molecule has 10 heteroatoms. The molecule has 0 fully saturated rings. The number of benzene rings is 2. The number of nitrogens with zero attached hydrogens (tertiary/aromatic N) is 2. The van der Waals surface area contributed by atoms with E-state index >= 15 is 0 Å². The van der Waals surface area contributed by atoms with Crippen molar-refractivity contribution < 1.29 is 29.7 Å². The van der Waals surface area contributed by atoms with Crippen LogP contribution in [0.3, 0.4) is 0 Å². The molecule has 1 atom stereocenters. The average Bonchev–Trinajstić information content (AvgIpc) is 3.27. The Morgan fingerprint density at radius 2 is 1.65 bits per heavy atom. The van der Waals surface area contributed by atoms with Gasteiger partial charge in [-0.2, -0.15) is 5.10 Å². The molecule has 0 aliphatic carbocycles. The summed E-state index contributed by atoms with van der Waals surface area (Å²) in [7, 11) is 0. The maximum Gasteiger partial charge on any atom is 0.356 e. The molecule has 0 bridgehead atoms. The lowest BCUT2D eigenvalue weighted by Crippen LogP contribution is -2.47. The third-order valence-electron chi connectivity index (χ3n) is 4.43. The van der Waals surface area contributed by atoms with Crippen molar-refractivity contribution in [2.75, 3.05) is 6.54 Å². The van der Waals surface area contributed by atoms with Crippen molar-refractivity contribution in [2.24, 2.45) is 0 Å². The fourth-order valence-electron chi connectivity index (χ4n) is 2.79. The number of carboxylic acid groups (broad SMARTS) is 2. The molecule has 160 valence electrons. The molecule has 3 rings (SSSR count). The van der Waals surface area contributed by atoms with Gasteiger partial charge in [0.25, 0.3) is 5.91 Å². The molecule has 1 amide bonds. The monoisotopic (exact) mass is 424 g/mol. The van der Waals surface area contributed by atoms with E-state index in [1.807, 2.05) is 54.6 Å². The van der Waals surface area contributed by atoms with Crippen LogP contribution in [-0.2, 0) is 11.3 Å². The number of aromatic nitrogens is 2. The first kappa shape index (κ1) is 21.7. The minimum atomic E-state index is -1.73. The van der Waals surface area contributed by atoms with Gasteiger partial charge in [0.2, 0.25) is 0 Å². The highest BCUT2D eigenvalue weighted by atomic mass is 16.4. The second-order valence-electron chi connectivity index (χ2n) is 6.64. The first-order chi connectivity index (χ1) is 14.8. The largest absolute Gasteiger partial charge is 0.479 e. The summed E-state index contributed by atoms with van der Waals surface area (Å²) in [6.45, 7) is -0.398. The number of aromatic amines is 1. The van der Waals surface area contributed by atoms with Gasteiger partial charge in [0.15, 0.2) is 11.8 Å². The molecular weight excluding hydrogens is 404 g/mol. The van der Waals surface area contributed by atoms with Crippen molar-refractivity contribution >= 4 is 17.8 Å². The Labute approximate surface area is 176 Å². The second kappa shape index (κ2) is 9.65. The van der Waals surface area contributed by atoms with Crippen molar-refractivity contribution in [3.05, 3.63) is 77.6 Å². The van der Waals surface area contributed by atoms with Gasteiger partial charge in [-0.3, -0.25) is 14.9 Å². The molecule has 0 saturated carbocycles. The van der Waals surface area contributed by atoms with Crippen LogP contribution in [0.2, 0.25) is 0 Å². The quantitative estimate of drug-likeness (QED) is 0.323. The van der Waals surface area contributed by atoms with E-state index in [0.29, 0.717) is 0 Å². The summed E-state index contributed by atoms with van der Waals surface area (Å²) in [5.41, 5.74) is 4.90. The highest BCUT2D eigenvalue weighted by Gasteiger charge is 2.22. The Morgan fingerprint density at radius 3 is 2.23 bits per heavy atom. The van der Waals surface area contributed by atoms with Crippen molar-refractivity contribution in [1.29, 1.82) is 0 Å². The standard InChI is InChI=1S/C21H20N4O6/c26-18(21(30)31)11-22-25(19(27)16-10-17(20(28)29)24-23-16)12-13-6-8-15(9-7-13)14-4-2-1-3-5-14/h1-10,18,22,26H,11-12H2,(H,23,24)(H,28,29)(H,30,31). The fraction of sp³-hybridized carbons (Fsp3) is 0.143. The van der Waals surface area contributed by atoms with E-state index in [4.69, 9.17) is 10.2 Å². The molecule has 31 heavy (non-hydrogen) atoms. The first-order valence-corrected chi connectivity index (χ1v) is 9.24. The minimum absolute atomic E-state index is 0.0294. The number of aliphatic carboxylic acids is 1. The highest BCUT2D eigenvalue weighted by molar-refractivity contribution is 5.95. The van der Waals surface area contributed by atoms with Crippen molar-refractivity contribution in [2.45, 2.75) is 12.6 Å². The number of aliphatic hydroxyl groups is 1. The molecule has 3 aromatic rings. The lowest BCUT2D eigenvalue weighted by atomic mass is 10.0. The van der Waals surface area contributed by atoms with Gasteiger partial charge in [-0.1, -0.05) is 54.6 Å². The number of nitrogens with one attached hydrogen (secondary N) is 2. The molecule has 1 heterocycles. The predicted octanol–water partition coefficient (Wildman–Crippen LogP) is 1.37. The lowest BCUT2D eigenvalue weighted by molar-refractivity contribution is -0.146. The summed E-state index contributed by atoms with van der Waals surface area (Å²) in [6, 6.07) is 18.2. The summed E-state index contributed by atoms with van der Waals surface area (Å²) >= 11 is 0. The summed E-state index contributed by atoms with van der Waals surface area (Å²) < 4.78 is 0. The van der Waals surface area contributed by atoms with Gasteiger partial charge in [-0.05, 0) is 16.7 Å². The SMILES string of the molecule is O=C(O)c1cc(C(=O)N(Cc2ccc(-c3ccccc3)cc2)NCC(O)C(=O)O)[nH]n1. The van der Waals surface area contributed by atoms with Gasteiger partial charge in [0, 0.05) is 6.07 Å². The van der Waals surface area contributed by atoms with Gasteiger partial charge < -0.3 is 15.3 Å². The molecule has 1 unspecified atom stereocenters. The molecule has 0 aliphatic rings. The first-order valence-electron chi connectivity index (χ1n) is 9.24.